The van der Waals surface area contributed by atoms with Crippen molar-refractivity contribution in [2.24, 2.45) is 0 Å². The maximum atomic E-state index is 10.9. The molecular weight excluding hydrogens is 238 g/mol. The van der Waals surface area contributed by atoms with Gasteiger partial charge in [0.1, 0.15) is 5.00 Å². The SMILES string of the molecule is CC(CNc1scnc1C(=O)O)N1CCCC1. The number of nitrogens with one attached hydrogen (secondary N) is 1. The average molecular weight is 255 g/mol. The number of aromatic carboxylic acids is 1. The minimum absolute atomic E-state index is 0.128. The number of hydrogen-bond donors (Lipinski definition) is 2. The first-order valence-corrected chi connectivity index (χ1v) is 6.71. The van der Waals surface area contributed by atoms with Crippen molar-refractivity contribution in [2.75, 3.05) is 25.0 Å². The van der Waals surface area contributed by atoms with Crippen molar-refractivity contribution in [3.63, 3.8) is 0 Å². The molecule has 0 bridgehead atoms. The fourth-order valence-electron chi connectivity index (χ4n) is 2.08. The van der Waals surface area contributed by atoms with Gasteiger partial charge >= 0.3 is 5.97 Å². The molecule has 2 N–H and O–H groups in total. The number of anilines is 1. The van der Waals surface area contributed by atoms with Crippen LogP contribution in [0.5, 0.6) is 0 Å². The van der Waals surface area contributed by atoms with E-state index >= 15 is 0 Å². The van der Waals surface area contributed by atoms with Crippen LogP contribution < -0.4 is 5.32 Å². The second kappa shape index (κ2) is 5.46. The van der Waals surface area contributed by atoms with Crippen molar-refractivity contribution in [1.29, 1.82) is 0 Å². The van der Waals surface area contributed by atoms with E-state index < -0.39 is 5.97 Å². The molecule has 1 atom stereocenters. The van der Waals surface area contributed by atoms with Crippen LogP contribution in [-0.4, -0.2) is 46.6 Å². The van der Waals surface area contributed by atoms with Gasteiger partial charge in [0.25, 0.3) is 0 Å². The maximum Gasteiger partial charge on any atom is 0.357 e. The van der Waals surface area contributed by atoms with Gasteiger partial charge in [-0.05, 0) is 32.9 Å². The van der Waals surface area contributed by atoms with Crippen LogP contribution in [0.2, 0.25) is 0 Å². The first-order chi connectivity index (χ1) is 8.18. The highest BCUT2D eigenvalue weighted by atomic mass is 32.1. The van der Waals surface area contributed by atoms with Gasteiger partial charge in [0, 0.05) is 12.6 Å². The molecule has 6 heteroatoms. The molecule has 0 radical (unpaired) electrons. The first-order valence-electron chi connectivity index (χ1n) is 5.83. The normalized spacial score (nSPS) is 18.2. The monoisotopic (exact) mass is 255 g/mol. The van der Waals surface area contributed by atoms with Crippen LogP contribution in [-0.2, 0) is 0 Å². The predicted molar refractivity (Wildman–Crippen MR) is 67.8 cm³/mol. The first kappa shape index (κ1) is 12.3. The molecule has 0 amide bonds. The zero-order valence-corrected chi connectivity index (χ0v) is 10.7. The molecule has 1 aromatic rings. The summed E-state index contributed by atoms with van der Waals surface area (Å²) in [4.78, 5) is 17.1. The Bertz CT molecular complexity index is 388. The number of rotatable bonds is 5. The Kier molecular flexibility index (Phi) is 3.96. The van der Waals surface area contributed by atoms with E-state index in [0.29, 0.717) is 11.0 Å². The fraction of sp³-hybridized carbons (Fsp3) is 0.636. The number of thiazole rings is 1. The van der Waals surface area contributed by atoms with E-state index in [-0.39, 0.29) is 5.69 Å². The van der Waals surface area contributed by atoms with E-state index in [1.807, 2.05) is 0 Å². The van der Waals surface area contributed by atoms with E-state index in [1.165, 1.54) is 24.2 Å². The highest BCUT2D eigenvalue weighted by Gasteiger charge is 2.19. The molecule has 17 heavy (non-hydrogen) atoms. The number of nitrogens with zero attached hydrogens (tertiary/aromatic N) is 2. The van der Waals surface area contributed by atoms with Gasteiger partial charge in [0.15, 0.2) is 5.69 Å². The summed E-state index contributed by atoms with van der Waals surface area (Å²) in [5.41, 5.74) is 1.69. The molecule has 2 rings (SSSR count). The summed E-state index contributed by atoms with van der Waals surface area (Å²) >= 11 is 1.34. The Morgan fingerprint density at radius 2 is 2.35 bits per heavy atom. The molecule has 5 nitrogen and oxygen atoms in total. The molecule has 1 aromatic heterocycles. The maximum absolute atomic E-state index is 10.9. The highest BCUT2D eigenvalue weighted by molar-refractivity contribution is 7.14. The number of aromatic nitrogens is 1. The molecule has 94 valence electrons. The molecule has 1 aliphatic rings. The highest BCUT2D eigenvalue weighted by Crippen LogP contribution is 2.20. The molecule has 0 spiro atoms. The van der Waals surface area contributed by atoms with Crippen molar-refractivity contribution in [3.8, 4) is 0 Å². The smallest absolute Gasteiger partial charge is 0.357 e. The van der Waals surface area contributed by atoms with Gasteiger partial charge in [-0.15, -0.1) is 11.3 Å². The lowest BCUT2D eigenvalue weighted by atomic mass is 10.3. The van der Waals surface area contributed by atoms with E-state index in [1.54, 1.807) is 5.51 Å². The fourth-order valence-corrected chi connectivity index (χ4v) is 2.76. The summed E-state index contributed by atoms with van der Waals surface area (Å²) in [5, 5.41) is 12.8. The summed E-state index contributed by atoms with van der Waals surface area (Å²) in [6, 6.07) is 0.432. The van der Waals surface area contributed by atoms with Crippen LogP contribution in [0.1, 0.15) is 30.3 Å². The summed E-state index contributed by atoms with van der Waals surface area (Å²) in [6.45, 7) is 5.23. The van der Waals surface area contributed by atoms with Crippen LogP contribution >= 0.6 is 11.3 Å². The molecule has 0 aliphatic carbocycles. The molecular formula is C11H17N3O2S. The zero-order valence-electron chi connectivity index (χ0n) is 9.85. The summed E-state index contributed by atoms with van der Waals surface area (Å²) < 4.78 is 0. The Balaban J connectivity index is 1.88. The van der Waals surface area contributed by atoms with Crippen molar-refractivity contribution in [2.45, 2.75) is 25.8 Å². The summed E-state index contributed by atoms with van der Waals surface area (Å²) in [7, 11) is 0. The molecule has 1 fully saturated rings. The molecule has 0 saturated carbocycles. The van der Waals surface area contributed by atoms with Crippen molar-refractivity contribution >= 4 is 22.3 Å². The standard InChI is InChI=1S/C11H17N3O2S/c1-8(14-4-2-3-5-14)6-12-10-9(11(15)16)13-7-17-10/h7-8,12H,2-6H2,1H3,(H,15,16). The Labute approximate surface area is 104 Å². The lowest BCUT2D eigenvalue weighted by Crippen LogP contribution is -2.35. The van der Waals surface area contributed by atoms with Gasteiger partial charge in [0.05, 0.1) is 5.51 Å². The van der Waals surface area contributed by atoms with Crippen molar-refractivity contribution in [1.82, 2.24) is 9.88 Å². The van der Waals surface area contributed by atoms with E-state index in [9.17, 15) is 4.79 Å². The Morgan fingerprint density at radius 3 is 3.00 bits per heavy atom. The third-order valence-electron chi connectivity index (χ3n) is 3.09. The van der Waals surface area contributed by atoms with Gasteiger partial charge in [-0.3, -0.25) is 4.90 Å². The van der Waals surface area contributed by atoms with Crippen molar-refractivity contribution in [3.05, 3.63) is 11.2 Å². The minimum atomic E-state index is -0.970. The quantitative estimate of drug-likeness (QED) is 0.839. The van der Waals surface area contributed by atoms with Crippen LogP contribution in [0, 0.1) is 0 Å². The minimum Gasteiger partial charge on any atom is -0.476 e. The molecule has 1 unspecified atom stereocenters. The molecule has 1 aliphatic heterocycles. The second-order valence-corrected chi connectivity index (χ2v) is 5.16. The zero-order chi connectivity index (χ0) is 12.3. The van der Waals surface area contributed by atoms with Crippen LogP contribution in [0.15, 0.2) is 5.51 Å². The third kappa shape index (κ3) is 2.95. The van der Waals surface area contributed by atoms with Crippen LogP contribution in [0.25, 0.3) is 0 Å². The predicted octanol–water partition coefficient (Wildman–Crippen LogP) is 1.74. The Hall–Kier alpha value is -1.14. The van der Waals surface area contributed by atoms with E-state index in [0.717, 1.165) is 19.6 Å². The summed E-state index contributed by atoms with van der Waals surface area (Å²) in [5.74, 6) is -0.970. The van der Waals surface area contributed by atoms with Gasteiger partial charge in [-0.25, -0.2) is 9.78 Å². The number of hydrogen-bond acceptors (Lipinski definition) is 5. The second-order valence-electron chi connectivity index (χ2n) is 4.31. The molecule has 0 aromatic carbocycles. The van der Waals surface area contributed by atoms with Gasteiger partial charge in [0.2, 0.25) is 0 Å². The average Bonchev–Trinajstić information content (AvgIpc) is 2.96. The van der Waals surface area contributed by atoms with Crippen LogP contribution in [0.3, 0.4) is 0 Å². The van der Waals surface area contributed by atoms with Gasteiger partial charge < -0.3 is 10.4 Å². The van der Waals surface area contributed by atoms with Crippen molar-refractivity contribution < 1.29 is 9.90 Å². The number of likely N-dealkylation sites (tertiary alicyclic amines) is 1. The molecule has 1 saturated heterocycles. The lowest BCUT2D eigenvalue weighted by Gasteiger charge is -2.23. The lowest BCUT2D eigenvalue weighted by molar-refractivity contribution is 0.0692. The number of carbonyl (C=O) groups is 1. The topological polar surface area (TPSA) is 65.5 Å². The number of carboxylic acid groups (broad SMARTS) is 1. The Morgan fingerprint density at radius 1 is 1.65 bits per heavy atom. The third-order valence-corrected chi connectivity index (χ3v) is 3.88. The number of carboxylic acids is 1. The largest absolute Gasteiger partial charge is 0.476 e. The van der Waals surface area contributed by atoms with Crippen LogP contribution in [0.4, 0.5) is 5.00 Å². The van der Waals surface area contributed by atoms with E-state index in [4.69, 9.17) is 5.11 Å². The van der Waals surface area contributed by atoms with E-state index in [2.05, 4.69) is 22.1 Å². The van der Waals surface area contributed by atoms with Gasteiger partial charge in [-0.2, -0.15) is 0 Å². The summed E-state index contributed by atoms with van der Waals surface area (Å²) in [6.07, 6.45) is 2.54. The van der Waals surface area contributed by atoms with Gasteiger partial charge in [-0.1, -0.05) is 0 Å². The molecule has 2 heterocycles.